The van der Waals surface area contributed by atoms with E-state index in [0.29, 0.717) is 13.2 Å². The Balaban J connectivity index is 1.87. The SMILES string of the molecule is CN1CCOC(CNC(=O)c2ncccc2O)C1. The molecule has 0 aromatic carbocycles. The van der Waals surface area contributed by atoms with E-state index in [2.05, 4.69) is 15.2 Å². The third-order valence-corrected chi connectivity index (χ3v) is 2.83. The van der Waals surface area contributed by atoms with E-state index >= 15 is 0 Å². The van der Waals surface area contributed by atoms with Crippen molar-refractivity contribution >= 4 is 5.91 Å². The Morgan fingerprint density at radius 1 is 1.72 bits per heavy atom. The number of carbonyl (C=O) groups is 1. The quantitative estimate of drug-likeness (QED) is 0.781. The molecule has 1 aromatic heterocycles. The number of ether oxygens (including phenoxy) is 1. The molecule has 1 aromatic rings. The molecule has 0 spiro atoms. The minimum Gasteiger partial charge on any atom is -0.505 e. The lowest BCUT2D eigenvalue weighted by Crippen LogP contribution is -2.46. The number of nitrogens with zero attached hydrogens (tertiary/aromatic N) is 2. The second kappa shape index (κ2) is 5.79. The molecular formula is C12H17N3O3. The molecule has 6 heteroatoms. The van der Waals surface area contributed by atoms with E-state index in [1.54, 1.807) is 6.07 Å². The van der Waals surface area contributed by atoms with Crippen LogP contribution >= 0.6 is 0 Å². The van der Waals surface area contributed by atoms with Crippen LogP contribution in [0.5, 0.6) is 5.75 Å². The van der Waals surface area contributed by atoms with Crippen molar-refractivity contribution in [2.45, 2.75) is 6.10 Å². The zero-order valence-electron chi connectivity index (χ0n) is 10.3. The Hall–Kier alpha value is -1.66. The molecule has 2 N–H and O–H groups in total. The molecule has 0 bridgehead atoms. The van der Waals surface area contributed by atoms with E-state index in [1.807, 2.05) is 7.05 Å². The van der Waals surface area contributed by atoms with E-state index < -0.39 is 0 Å². The van der Waals surface area contributed by atoms with Gasteiger partial charge in [-0.05, 0) is 19.2 Å². The van der Waals surface area contributed by atoms with Gasteiger partial charge in [0.15, 0.2) is 5.69 Å². The van der Waals surface area contributed by atoms with E-state index in [-0.39, 0.29) is 23.5 Å². The van der Waals surface area contributed by atoms with Crippen molar-refractivity contribution in [1.29, 1.82) is 0 Å². The highest BCUT2D eigenvalue weighted by Gasteiger charge is 2.19. The van der Waals surface area contributed by atoms with Crippen molar-refractivity contribution in [2.24, 2.45) is 0 Å². The number of aromatic nitrogens is 1. The zero-order chi connectivity index (χ0) is 13.0. The van der Waals surface area contributed by atoms with Gasteiger partial charge in [-0.3, -0.25) is 4.79 Å². The normalized spacial score (nSPS) is 20.6. The van der Waals surface area contributed by atoms with E-state index in [1.165, 1.54) is 12.3 Å². The van der Waals surface area contributed by atoms with Gasteiger partial charge in [-0.2, -0.15) is 0 Å². The Morgan fingerprint density at radius 3 is 3.28 bits per heavy atom. The number of hydrogen-bond acceptors (Lipinski definition) is 5. The average molecular weight is 251 g/mol. The lowest BCUT2D eigenvalue weighted by molar-refractivity contribution is -0.0175. The fourth-order valence-electron chi connectivity index (χ4n) is 1.85. The number of morpholine rings is 1. The number of likely N-dealkylation sites (N-methyl/N-ethyl adjacent to an activating group) is 1. The average Bonchev–Trinajstić information content (AvgIpc) is 2.37. The summed E-state index contributed by atoms with van der Waals surface area (Å²) in [4.78, 5) is 17.8. The molecule has 1 amide bonds. The smallest absolute Gasteiger partial charge is 0.273 e. The predicted octanol–water partition coefficient (Wildman–Crippen LogP) is -0.152. The minimum atomic E-state index is -0.384. The molecule has 0 aliphatic carbocycles. The number of amides is 1. The van der Waals surface area contributed by atoms with Crippen LogP contribution in [0.1, 0.15) is 10.5 Å². The van der Waals surface area contributed by atoms with Gasteiger partial charge in [0.05, 0.1) is 12.7 Å². The van der Waals surface area contributed by atoms with Crippen LogP contribution in [-0.4, -0.2) is 60.3 Å². The van der Waals surface area contributed by atoms with Crippen molar-refractivity contribution in [3.8, 4) is 5.75 Å². The Labute approximate surface area is 106 Å². The summed E-state index contributed by atoms with van der Waals surface area (Å²) in [5.74, 6) is -0.499. The van der Waals surface area contributed by atoms with Crippen LogP contribution in [0.4, 0.5) is 0 Å². The summed E-state index contributed by atoms with van der Waals surface area (Å²) in [6, 6.07) is 3.01. The number of nitrogens with one attached hydrogen (secondary N) is 1. The summed E-state index contributed by atoms with van der Waals surface area (Å²) in [6.45, 7) is 2.78. The van der Waals surface area contributed by atoms with E-state index in [0.717, 1.165) is 13.1 Å². The standard InChI is InChI=1S/C12H17N3O3/c1-15-5-6-18-9(8-15)7-14-12(17)11-10(16)3-2-4-13-11/h2-4,9,16H,5-8H2,1H3,(H,14,17). The molecule has 1 saturated heterocycles. The molecule has 1 atom stereocenters. The van der Waals surface area contributed by atoms with Crippen LogP contribution in [0.3, 0.4) is 0 Å². The first kappa shape index (κ1) is 12.8. The fourth-order valence-corrected chi connectivity index (χ4v) is 1.85. The highest BCUT2D eigenvalue weighted by Crippen LogP contribution is 2.12. The molecule has 0 radical (unpaired) electrons. The summed E-state index contributed by atoms with van der Waals surface area (Å²) in [5, 5.41) is 12.2. The van der Waals surface area contributed by atoms with E-state index in [9.17, 15) is 9.90 Å². The van der Waals surface area contributed by atoms with Gasteiger partial charge in [-0.15, -0.1) is 0 Å². The van der Waals surface area contributed by atoms with Crippen LogP contribution < -0.4 is 5.32 Å². The summed E-state index contributed by atoms with van der Waals surface area (Å²) >= 11 is 0. The number of aromatic hydroxyl groups is 1. The summed E-state index contributed by atoms with van der Waals surface area (Å²) in [5.41, 5.74) is 0.0432. The van der Waals surface area contributed by atoms with Crippen molar-refractivity contribution in [1.82, 2.24) is 15.2 Å². The van der Waals surface area contributed by atoms with Crippen molar-refractivity contribution in [3.05, 3.63) is 24.0 Å². The van der Waals surface area contributed by atoms with Crippen LogP contribution in [-0.2, 0) is 4.74 Å². The fraction of sp³-hybridized carbons (Fsp3) is 0.500. The predicted molar refractivity (Wildman–Crippen MR) is 65.5 cm³/mol. The van der Waals surface area contributed by atoms with Crippen LogP contribution in [0.2, 0.25) is 0 Å². The first-order valence-corrected chi connectivity index (χ1v) is 5.89. The summed E-state index contributed by atoms with van der Waals surface area (Å²) in [6.07, 6.45) is 1.46. The first-order valence-electron chi connectivity index (χ1n) is 5.89. The second-order valence-electron chi connectivity index (χ2n) is 4.34. The minimum absolute atomic E-state index is 0.0152. The molecule has 18 heavy (non-hydrogen) atoms. The molecule has 1 aliphatic rings. The lowest BCUT2D eigenvalue weighted by atomic mass is 10.2. The lowest BCUT2D eigenvalue weighted by Gasteiger charge is -2.30. The van der Waals surface area contributed by atoms with Gasteiger partial charge in [0.1, 0.15) is 5.75 Å². The van der Waals surface area contributed by atoms with Gasteiger partial charge in [-0.25, -0.2) is 4.98 Å². The van der Waals surface area contributed by atoms with Gasteiger partial charge in [0.25, 0.3) is 5.91 Å². The third-order valence-electron chi connectivity index (χ3n) is 2.83. The Morgan fingerprint density at radius 2 is 2.56 bits per heavy atom. The Bertz CT molecular complexity index is 425. The molecule has 1 aliphatic heterocycles. The molecule has 0 saturated carbocycles. The van der Waals surface area contributed by atoms with Gasteiger partial charge < -0.3 is 20.1 Å². The van der Waals surface area contributed by atoms with E-state index in [4.69, 9.17) is 4.74 Å². The third kappa shape index (κ3) is 3.18. The molecule has 1 fully saturated rings. The number of carbonyl (C=O) groups excluding carboxylic acids is 1. The summed E-state index contributed by atoms with van der Waals surface area (Å²) in [7, 11) is 2.02. The van der Waals surface area contributed by atoms with Crippen molar-refractivity contribution in [2.75, 3.05) is 33.3 Å². The van der Waals surface area contributed by atoms with Crippen LogP contribution in [0.25, 0.3) is 0 Å². The molecule has 6 nitrogen and oxygen atoms in total. The van der Waals surface area contributed by atoms with Crippen LogP contribution in [0.15, 0.2) is 18.3 Å². The number of pyridine rings is 1. The zero-order valence-corrected chi connectivity index (χ0v) is 10.3. The van der Waals surface area contributed by atoms with Gasteiger partial charge in [0.2, 0.25) is 0 Å². The largest absolute Gasteiger partial charge is 0.505 e. The monoisotopic (exact) mass is 251 g/mol. The molecule has 2 heterocycles. The summed E-state index contributed by atoms with van der Waals surface area (Å²) < 4.78 is 5.53. The second-order valence-corrected chi connectivity index (χ2v) is 4.34. The Kier molecular flexibility index (Phi) is 4.11. The maximum Gasteiger partial charge on any atom is 0.273 e. The van der Waals surface area contributed by atoms with Gasteiger partial charge >= 0.3 is 0 Å². The topological polar surface area (TPSA) is 74.7 Å². The van der Waals surface area contributed by atoms with Crippen molar-refractivity contribution in [3.63, 3.8) is 0 Å². The highest BCUT2D eigenvalue weighted by atomic mass is 16.5. The molecular weight excluding hydrogens is 234 g/mol. The molecule has 2 rings (SSSR count). The first-order chi connectivity index (χ1) is 8.66. The maximum atomic E-state index is 11.8. The number of hydrogen-bond donors (Lipinski definition) is 2. The number of rotatable bonds is 3. The van der Waals surface area contributed by atoms with Gasteiger partial charge in [-0.1, -0.05) is 0 Å². The molecule has 98 valence electrons. The van der Waals surface area contributed by atoms with Crippen LogP contribution in [0, 0.1) is 0 Å². The maximum absolute atomic E-state index is 11.8. The molecule has 1 unspecified atom stereocenters. The highest BCUT2D eigenvalue weighted by molar-refractivity contribution is 5.94. The van der Waals surface area contributed by atoms with Gasteiger partial charge in [0, 0.05) is 25.8 Å². The van der Waals surface area contributed by atoms with Crippen molar-refractivity contribution < 1.29 is 14.6 Å².